The molecule has 4 nitrogen and oxygen atoms in total. The highest BCUT2D eigenvalue weighted by Gasteiger charge is 2.21. The van der Waals surface area contributed by atoms with E-state index >= 15 is 0 Å². The molecule has 0 fully saturated rings. The molecule has 2 aliphatic carbocycles. The summed E-state index contributed by atoms with van der Waals surface area (Å²) in [7, 11) is 0. The summed E-state index contributed by atoms with van der Waals surface area (Å²) in [6.07, 6.45) is 12.2. The smallest absolute Gasteiger partial charge is 0.272 e. The molecule has 5 aromatic rings. The number of aryl methyl sites for hydroxylation is 1. The highest BCUT2D eigenvalue weighted by molar-refractivity contribution is 5.96. The highest BCUT2D eigenvalue weighted by atomic mass is 16.1. The predicted molar refractivity (Wildman–Crippen MR) is 171 cm³/mol. The molecule has 1 heterocycles. The third-order valence-electron chi connectivity index (χ3n) is 8.16. The molecule has 206 valence electrons. The second kappa shape index (κ2) is 12.1. The minimum absolute atomic E-state index is 0.136. The van der Waals surface area contributed by atoms with Crippen molar-refractivity contribution < 1.29 is 0 Å². The zero-order chi connectivity index (χ0) is 28.2. The van der Waals surface area contributed by atoms with Gasteiger partial charge in [-0.3, -0.25) is 4.79 Å². The average Bonchev–Trinajstić information content (AvgIpc) is 3.00. The summed E-state index contributed by atoms with van der Waals surface area (Å²) in [5, 5.41) is 14.0. The lowest BCUT2D eigenvalue weighted by atomic mass is 9.78. The maximum absolute atomic E-state index is 11.1. The minimum Gasteiger partial charge on any atom is -0.310 e. The number of rotatable bonds is 5. The molecular formula is C37H37N3O. The number of H-pyrrole nitrogens is 1. The molecule has 2 aliphatic rings. The third kappa shape index (κ3) is 5.94. The number of hydrogen-bond acceptors (Lipinski definition) is 3. The summed E-state index contributed by atoms with van der Waals surface area (Å²) in [4.78, 5) is 11.1. The monoisotopic (exact) mass is 539 g/mol. The molecular weight excluding hydrogens is 502 g/mol. The molecule has 0 saturated carbocycles. The SMILES string of the molecule is CC(C)NCc1cccc(Cc2cccc3ccc4c(c23)CCC2=C4C=CCC2)c1.O=c1[nH]ncc2ccccc12. The Hall–Kier alpha value is -4.28. The van der Waals surface area contributed by atoms with Crippen molar-refractivity contribution in [2.75, 3.05) is 0 Å². The van der Waals surface area contributed by atoms with Gasteiger partial charge in [-0.1, -0.05) is 104 Å². The third-order valence-corrected chi connectivity index (χ3v) is 8.16. The lowest BCUT2D eigenvalue weighted by Gasteiger charge is -2.26. The zero-order valence-corrected chi connectivity index (χ0v) is 23.9. The van der Waals surface area contributed by atoms with Crippen LogP contribution in [0.1, 0.15) is 60.9 Å². The second-order valence-corrected chi connectivity index (χ2v) is 11.4. The van der Waals surface area contributed by atoms with Gasteiger partial charge in [0, 0.05) is 23.4 Å². The van der Waals surface area contributed by atoms with E-state index in [4.69, 9.17) is 0 Å². The Labute approximate surface area is 241 Å². The van der Waals surface area contributed by atoms with Gasteiger partial charge in [0.15, 0.2) is 0 Å². The summed E-state index contributed by atoms with van der Waals surface area (Å²) in [5.74, 6) is 0. The summed E-state index contributed by atoms with van der Waals surface area (Å²) in [6, 6.07) is 28.5. The van der Waals surface area contributed by atoms with Gasteiger partial charge in [-0.2, -0.15) is 5.10 Å². The van der Waals surface area contributed by atoms with E-state index in [-0.39, 0.29) is 5.56 Å². The Morgan fingerprint density at radius 2 is 1.71 bits per heavy atom. The van der Waals surface area contributed by atoms with E-state index in [0.717, 1.165) is 18.4 Å². The van der Waals surface area contributed by atoms with Crippen molar-refractivity contribution in [3.8, 4) is 0 Å². The van der Waals surface area contributed by atoms with E-state index in [1.54, 1.807) is 23.4 Å². The molecule has 0 spiro atoms. The summed E-state index contributed by atoms with van der Waals surface area (Å²) in [5.41, 5.74) is 10.3. The van der Waals surface area contributed by atoms with Gasteiger partial charge >= 0.3 is 0 Å². The van der Waals surface area contributed by atoms with Crippen LogP contribution in [-0.2, 0) is 19.4 Å². The number of nitrogens with one attached hydrogen (secondary N) is 2. The lowest BCUT2D eigenvalue weighted by molar-refractivity contribution is 0.588. The van der Waals surface area contributed by atoms with Crippen LogP contribution in [0.25, 0.3) is 27.1 Å². The van der Waals surface area contributed by atoms with E-state index in [2.05, 4.69) is 96.1 Å². The van der Waals surface area contributed by atoms with Crippen molar-refractivity contribution in [3.63, 3.8) is 0 Å². The van der Waals surface area contributed by atoms with Gasteiger partial charge in [0.2, 0.25) is 0 Å². The number of fused-ring (bicyclic) bond motifs is 5. The van der Waals surface area contributed by atoms with Gasteiger partial charge in [0.25, 0.3) is 5.56 Å². The quantitative estimate of drug-likeness (QED) is 0.239. The number of allylic oxidation sites excluding steroid dienone is 4. The van der Waals surface area contributed by atoms with Crippen molar-refractivity contribution in [3.05, 3.63) is 141 Å². The molecule has 1 aromatic heterocycles. The second-order valence-electron chi connectivity index (χ2n) is 11.4. The van der Waals surface area contributed by atoms with Crippen molar-refractivity contribution >= 4 is 27.1 Å². The topological polar surface area (TPSA) is 57.8 Å². The first-order valence-electron chi connectivity index (χ1n) is 14.7. The van der Waals surface area contributed by atoms with Crippen LogP contribution in [0.4, 0.5) is 0 Å². The number of hydrogen-bond donors (Lipinski definition) is 2. The van der Waals surface area contributed by atoms with E-state index < -0.39 is 0 Å². The predicted octanol–water partition coefficient (Wildman–Crippen LogP) is 7.90. The Morgan fingerprint density at radius 1 is 0.878 bits per heavy atom. The van der Waals surface area contributed by atoms with Crippen LogP contribution in [0, 0.1) is 0 Å². The Balaban J connectivity index is 0.000000229. The Bertz CT molecular complexity index is 1820. The first-order chi connectivity index (χ1) is 20.1. The minimum atomic E-state index is -0.136. The van der Waals surface area contributed by atoms with E-state index in [9.17, 15) is 4.79 Å². The van der Waals surface area contributed by atoms with Gasteiger partial charge in [0.1, 0.15) is 0 Å². The average molecular weight is 540 g/mol. The maximum Gasteiger partial charge on any atom is 0.272 e. The largest absolute Gasteiger partial charge is 0.310 e. The van der Waals surface area contributed by atoms with E-state index in [1.807, 2.05) is 18.2 Å². The summed E-state index contributed by atoms with van der Waals surface area (Å²) < 4.78 is 0. The normalized spacial score (nSPS) is 14.1. The first-order valence-corrected chi connectivity index (χ1v) is 14.7. The molecule has 41 heavy (non-hydrogen) atoms. The fourth-order valence-electron chi connectivity index (χ4n) is 6.15. The molecule has 4 heteroatoms. The molecule has 7 rings (SSSR count). The van der Waals surface area contributed by atoms with Gasteiger partial charge in [0.05, 0.1) is 6.20 Å². The zero-order valence-electron chi connectivity index (χ0n) is 23.9. The fraction of sp³-hybridized carbons (Fsp3) is 0.243. The molecule has 0 amide bonds. The maximum atomic E-state index is 11.1. The van der Waals surface area contributed by atoms with Crippen LogP contribution in [0.3, 0.4) is 0 Å². The summed E-state index contributed by atoms with van der Waals surface area (Å²) in [6.45, 7) is 5.33. The molecule has 0 bridgehead atoms. The van der Waals surface area contributed by atoms with E-state index in [1.165, 1.54) is 64.3 Å². The van der Waals surface area contributed by atoms with Gasteiger partial charge in [-0.25, -0.2) is 5.10 Å². The Kier molecular flexibility index (Phi) is 7.93. The van der Waals surface area contributed by atoms with Crippen LogP contribution in [0.5, 0.6) is 0 Å². The van der Waals surface area contributed by atoms with Crippen molar-refractivity contribution in [1.29, 1.82) is 0 Å². The molecule has 0 unspecified atom stereocenters. The van der Waals surface area contributed by atoms with Crippen molar-refractivity contribution in [2.45, 2.75) is 58.5 Å². The van der Waals surface area contributed by atoms with Crippen molar-refractivity contribution in [1.82, 2.24) is 15.5 Å². The first kappa shape index (κ1) is 26.9. The van der Waals surface area contributed by atoms with Crippen LogP contribution < -0.4 is 10.9 Å². The van der Waals surface area contributed by atoms with Crippen LogP contribution in [0.2, 0.25) is 0 Å². The van der Waals surface area contributed by atoms with Gasteiger partial charge in [-0.15, -0.1) is 0 Å². The van der Waals surface area contributed by atoms with Crippen LogP contribution in [0.15, 0.2) is 108 Å². The molecule has 0 atom stereocenters. The number of nitrogens with zero attached hydrogens (tertiary/aromatic N) is 1. The van der Waals surface area contributed by atoms with Crippen LogP contribution >= 0.6 is 0 Å². The van der Waals surface area contributed by atoms with Gasteiger partial charge < -0.3 is 5.32 Å². The number of benzene rings is 4. The van der Waals surface area contributed by atoms with Crippen LogP contribution in [-0.4, -0.2) is 16.2 Å². The molecule has 0 radical (unpaired) electrons. The molecule has 4 aromatic carbocycles. The van der Waals surface area contributed by atoms with E-state index in [0.29, 0.717) is 11.4 Å². The van der Waals surface area contributed by atoms with Gasteiger partial charge in [-0.05, 0) is 82.3 Å². The molecule has 0 aliphatic heterocycles. The Morgan fingerprint density at radius 3 is 2.59 bits per heavy atom. The molecule has 0 saturated heterocycles. The highest BCUT2D eigenvalue weighted by Crippen LogP contribution is 2.41. The standard InChI is InChI=1S/C29H31N.C8H6N2O/c1-20(2)30-19-22-8-5-7-21(17-22)18-25-11-6-10-24-14-15-27-26-12-4-3-9-23(26)13-16-28(27)29(24)25;11-8-7-4-2-1-3-6(7)5-9-10-8/h4-8,10-12,14-15,17,20,30H,3,9,13,16,18-19H2,1-2H3;1-5H,(H,10,11). The number of aromatic nitrogens is 2. The fourth-order valence-corrected chi connectivity index (χ4v) is 6.15. The molecule has 2 N–H and O–H groups in total. The van der Waals surface area contributed by atoms with Crippen molar-refractivity contribution in [2.24, 2.45) is 0 Å². The summed E-state index contributed by atoms with van der Waals surface area (Å²) >= 11 is 0. The number of aromatic amines is 1. The lowest BCUT2D eigenvalue weighted by Crippen LogP contribution is -2.21.